The van der Waals surface area contributed by atoms with Gasteiger partial charge in [-0.1, -0.05) is 13.8 Å². The number of aliphatic carboxylic acids is 2. The van der Waals surface area contributed by atoms with Gasteiger partial charge in [-0.05, 0) is 49.6 Å². The molecular weight excluding hydrogens is 762 g/mol. The van der Waals surface area contributed by atoms with Crippen molar-refractivity contribution in [2.24, 2.45) is 0 Å². The third-order valence-electron chi connectivity index (χ3n) is 10.9. The van der Waals surface area contributed by atoms with E-state index in [2.05, 4.69) is 5.32 Å². The Bertz CT molecular complexity index is 3150. The number of aromatic hydroxyl groups is 2. The Hall–Kier alpha value is -7.37. The topological polar surface area (TPSA) is 273 Å². The number of methoxy groups -OCH3 is 1. The molecule has 0 aliphatic carbocycles. The summed E-state index contributed by atoms with van der Waals surface area (Å²) in [5.41, 5.74) is -4.94. The Morgan fingerprint density at radius 2 is 1.48 bits per heavy atom. The number of hydrogen-bond acceptors (Lipinski definition) is 13. The molecule has 0 radical (unpaired) electrons. The van der Waals surface area contributed by atoms with E-state index in [4.69, 9.17) is 14.6 Å². The van der Waals surface area contributed by atoms with Crippen LogP contribution in [0.4, 0.5) is 0 Å². The molecule has 0 saturated carbocycles. The van der Waals surface area contributed by atoms with Crippen molar-refractivity contribution < 1.29 is 49.1 Å². The zero-order chi connectivity index (χ0) is 42.2. The number of nitrogens with one attached hydrogen (secondary N) is 1. The van der Waals surface area contributed by atoms with Crippen LogP contribution < -0.4 is 42.1 Å². The van der Waals surface area contributed by atoms with Crippen molar-refractivity contribution in [1.82, 2.24) is 14.8 Å². The van der Waals surface area contributed by atoms with Gasteiger partial charge in [0.25, 0.3) is 5.56 Å². The number of phenols is 2. The number of carbonyl (C=O) groups excluding carboxylic acids is 2. The van der Waals surface area contributed by atoms with Crippen LogP contribution in [0.15, 0.2) is 54.3 Å². The number of ether oxygens (including phenoxy) is 2. The average Bonchev–Trinajstić information content (AvgIpc) is 3.18. The predicted molar refractivity (Wildman–Crippen MR) is 208 cm³/mol. The van der Waals surface area contributed by atoms with Gasteiger partial charge >= 0.3 is 11.9 Å². The van der Waals surface area contributed by atoms with Crippen molar-refractivity contribution in [3.8, 4) is 23.0 Å². The van der Waals surface area contributed by atoms with Crippen LogP contribution in [0.1, 0.15) is 38.8 Å². The van der Waals surface area contributed by atoms with Crippen LogP contribution in [0.3, 0.4) is 0 Å². The lowest BCUT2D eigenvalue weighted by molar-refractivity contribution is -0.151. The van der Waals surface area contributed by atoms with Crippen molar-refractivity contribution in [3.63, 3.8) is 0 Å². The highest BCUT2D eigenvalue weighted by Gasteiger charge is 2.38. The maximum atomic E-state index is 14.7. The zero-order valence-corrected chi connectivity index (χ0v) is 31.1. The SMILES string of the molecule is CCC(C)c1cc2c(=O)c3ccc4c(OC)c5c(=O)c6c(OCC(=O)O)ccc(O)c6c(=O)c5c(O)c4c3c(=O)c2c(=O)n1CC(=O)N1CC(C(=O)O)NC(=O)C1C. The van der Waals surface area contributed by atoms with E-state index >= 15 is 0 Å². The summed E-state index contributed by atoms with van der Waals surface area (Å²) in [6.07, 6.45) is 0.413. The number of carboxylic acid groups (broad SMARTS) is 2. The standard InChI is InChI=1S/C40H33N3O15/c1-5-14(2)20-10-18-27(39(54)43(20)12-23(45)42-11-19(40(55)56)41-38(53)15(42)3)33(49)25-16(32(18)48)6-7-17-26(25)34(50)30-31(37(17)57-4)36(52)29-22(58-13-24(46)47)9-8-21(44)28(29)35(30)51/h6-10,14-15,19,44,50H,5,11-13H2,1-4H3,(H,41,53)(H,46,47)(H,55,56). The van der Waals surface area contributed by atoms with Gasteiger partial charge < -0.3 is 44.7 Å². The number of rotatable bonds is 9. The van der Waals surface area contributed by atoms with Crippen LogP contribution in [0, 0.1) is 0 Å². The molecule has 0 bridgehead atoms. The number of aromatic nitrogens is 1. The number of carboxylic acids is 2. The molecule has 6 aromatic rings. The van der Waals surface area contributed by atoms with Crippen LogP contribution in [0.25, 0.3) is 53.9 Å². The number of nitrogens with zero attached hydrogens (tertiary/aromatic N) is 2. The molecule has 1 aliphatic rings. The van der Waals surface area contributed by atoms with Crippen LogP contribution in [0.5, 0.6) is 23.0 Å². The Kier molecular flexibility index (Phi) is 9.37. The first-order chi connectivity index (χ1) is 27.4. The minimum atomic E-state index is -1.42. The monoisotopic (exact) mass is 795 g/mol. The highest BCUT2D eigenvalue weighted by molar-refractivity contribution is 6.23. The zero-order valence-electron chi connectivity index (χ0n) is 31.1. The first-order valence-corrected chi connectivity index (χ1v) is 17.8. The van der Waals surface area contributed by atoms with Gasteiger partial charge in [-0.2, -0.15) is 0 Å². The van der Waals surface area contributed by atoms with Crippen molar-refractivity contribution in [2.45, 2.75) is 51.7 Å². The Labute approximate surface area is 323 Å². The molecule has 1 aromatic heterocycles. The molecule has 58 heavy (non-hydrogen) atoms. The van der Waals surface area contributed by atoms with E-state index < -0.39 is 138 Å². The Balaban J connectivity index is 1.57. The highest BCUT2D eigenvalue weighted by Crippen LogP contribution is 2.43. The number of carbonyl (C=O) groups is 4. The van der Waals surface area contributed by atoms with Crippen molar-refractivity contribution in [3.05, 3.63) is 87.3 Å². The van der Waals surface area contributed by atoms with Crippen LogP contribution in [-0.2, 0) is 25.7 Å². The molecule has 5 aromatic carbocycles. The highest BCUT2D eigenvalue weighted by atomic mass is 16.5. The van der Waals surface area contributed by atoms with Gasteiger partial charge in [0.2, 0.25) is 28.1 Å². The minimum Gasteiger partial charge on any atom is -0.507 e. The molecule has 18 nitrogen and oxygen atoms in total. The number of fused-ring (bicyclic) bond motifs is 6. The summed E-state index contributed by atoms with van der Waals surface area (Å²) in [5.74, 6) is -7.21. The fourth-order valence-corrected chi connectivity index (χ4v) is 7.77. The van der Waals surface area contributed by atoms with Gasteiger partial charge in [-0.15, -0.1) is 0 Å². The predicted octanol–water partition coefficient (Wildman–Crippen LogP) is 1.13. The van der Waals surface area contributed by atoms with E-state index in [-0.39, 0.29) is 33.4 Å². The van der Waals surface area contributed by atoms with E-state index in [1.54, 1.807) is 13.8 Å². The van der Waals surface area contributed by atoms with Gasteiger partial charge in [0, 0.05) is 32.6 Å². The second-order valence-electron chi connectivity index (χ2n) is 14.1. The summed E-state index contributed by atoms with van der Waals surface area (Å²) in [5, 5.41) is 38.9. The third-order valence-corrected chi connectivity index (χ3v) is 10.9. The largest absolute Gasteiger partial charge is 0.507 e. The molecule has 7 rings (SSSR count). The normalized spacial score (nSPS) is 16.3. The molecule has 1 saturated heterocycles. The summed E-state index contributed by atoms with van der Waals surface area (Å²) >= 11 is 0. The molecule has 1 aliphatic heterocycles. The smallest absolute Gasteiger partial charge is 0.341 e. The Morgan fingerprint density at radius 3 is 2.12 bits per heavy atom. The van der Waals surface area contributed by atoms with E-state index in [1.807, 2.05) is 0 Å². The number of piperazine rings is 1. The maximum absolute atomic E-state index is 14.7. The molecule has 298 valence electrons. The lowest BCUT2D eigenvalue weighted by Gasteiger charge is -2.36. The molecule has 1 fully saturated rings. The number of benzene rings is 5. The number of hydrogen-bond donors (Lipinski definition) is 5. The van der Waals surface area contributed by atoms with E-state index in [0.29, 0.717) is 6.42 Å². The van der Waals surface area contributed by atoms with Crippen LogP contribution >= 0.6 is 0 Å². The minimum absolute atomic E-state index is 0.142. The first-order valence-electron chi connectivity index (χ1n) is 17.8. The second kappa shape index (κ2) is 14.0. The fourth-order valence-electron chi connectivity index (χ4n) is 7.77. The van der Waals surface area contributed by atoms with Crippen LogP contribution in [0.2, 0.25) is 0 Å². The molecule has 18 heteroatoms. The van der Waals surface area contributed by atoms with Crippen molar-refractivity contribution in [2.75, 3.05) is 20.3 Å². The molecule has 3 atom stereocenters. The van der Waals surface area contributed by atoms with Gasteiger partial charge in [0.05, 0.1) is 40.6 Å². The first kappa shape index (κ1) is 38.9. The summed E-state index contributed by atoms with van der Waals surface area (Å²) in [7, 11) is 1.13. The average molecular weight is 796 g/mol. The maximum Gasteiger partial charge on any atom is 0.341 e. The van der Waals surface area contributed by atoms with Gasteiger partial charge in [-0.3, -0.25) is 33.6 Å². The molecular formula is C40H33N3O15. The van der Waals surface area contributed by atoms with E-state index in [9.17, 15) is 58.5 Å². The molecule has 2 heterocycles. The molecule has 2 amide bonds. The van der Waals surface area contributed by atoms with Crippen molar-refractivity contribution in [1.29, 1.82) is 0 Å². The fraction of sp³-hybridized carbons (Fsp3) is 0.275. The summed E-state index contributed by atoms with van der Waals surface area (Å²) in [6, 6.07) is 3.35. The lowest BCUT2D eigenvalue weighted by atomic mass is 9.91. The third kappa shape index (κ3) is 5.66. The van der Waals surface area contributed by atoms with Gasteiger partial charge in [0.1, 0.15) is 41.6 Å². The number of phenolic OH excluding ortho intramolecular Hbond substituents is 2. The molecule has 0 spiro atoms. The summed E-state index contributed by atoms with van der Waals surface area (Å²) < 4.78 is 11.8. The quantitative estimate of drug-likeness (QED) is 0.101. The number of pyridine rings is 1. The summed E-state index contributed by atoms with van der Waals surface area (Å²) in [6.45, 7) is 2.81. The second-order valence-corrected chi connectivity index (χ2v) is 14.1. The Morgan fingerprint density at radius 1 is 0.828 bits per heavy atom. The number of amides is 2. The van der Waals surface area contributed by atoms with E-state index in [1.165, 1.54) is 25.1 Å². The lowest BCUT2D eigenvalue weighted by Crippen LogP contribution is -2.63. The summed E-state index contributed by atoms with van der Waals surface area (Å²) in [4.78, 5) is 122. The van der Waals surface area contributed by atoms with Gasteiger partial charge in [0.15, 0.2) is 12.0 Å². The van der Waals surface area contributed by atoms with Crippen LogP contribution in [-0.4, -0.2) is 86.0 Å². The van der Waals surface area contributed by atoms with Crippen molar-refractivity contribution >= 4 is 77.6 Å². The van der Waals surface area contributed by atoms with E-state index in [0.717, 1.165) is 28.7 Å². The molecule has 5 N–H and O–H groups in total. The van der Waals surface area contributed by atoms with Gasteiger partial charge in [-0.25, -0.2) is 9.59 Å². The molecule has 3 unspecified atom stereocenters.